The number of hydrazine groups is 1. The Balaban J connectivity index is 2.12. The van der Waals surface area contributed by atoms with Crippen molar-refractivity contribution >= 4 is 0 Å². The zero-order chi connectivity index (χ0) is 11.5. The zero-order valence-electron chi connectivity index (χ0n) is 9.33. The lowest BCUT2D eigenvalue weighted by Crippen LogP contribution is -2.30. The normalized spacial score (nSPS) is 12.9. The molecule has 0 aromatic carbocycles. The lowest BCUT2D eigenvalue weighted by Gasteiger charge is -2.10. The number of nitrogens with zero attached hydrogens (tertiary/aromatic N) is 5. The van der Waals surface area contributed by atoms with E-state index in [0.717, 1.165) is 11.4 Å². The Labute approximate surface area is 93.2 Å². The molecule has 2 heterocycles. The van der Waals surface area contributed by atoms with E-state index in [9.17, 15) is 0 Å². The molecule has 2 aromatic rings. The van der Waals surface area contributed by atoms with Gasteiger partial charge in [-0.2, -0.15) is 5.10 Å². The number of hydrogen-bond donors (Lipinski definition) is 2. The van der Waals surface area contributed by atoms with Gasteiger partial charge in [0.1, 0.15) is 0 Å². The zero-order valence-corrected chi connectivity index (χ0v) is 9.33. The van der Waals surface area contributed by atoms with Gasteiger partial charge in [-0.05, 0) is 6.07 Å². The quantitative estimate of drug-likeness (QED) is 0.526. The van der Waals surface area contributed by atoms with Crippen LogP contribution in [0.4, 0.5) is 0 Å². The van der Waals surface area contributed by atoms with Gasteiger partial charge in [0.25, 0.3) is 0 Å². The van der Waals surface area contributed by atoms with Crippen molar-refractivity contribution < 1.29 is 0 Å². The van der Waals surface area contributed by atoms with Crippen molar-refractivity contribution in [3.63, 3.8) is 0 Å². The highest BCUT2D eigenvalue weighted by Gasteiger charge is 2.14. The molecule has 0 aliphatic carbocycles. The third kappa shape index (κ3) is 2.26. The molecule has 16 heavy (non-hydrogen) atoms. The van der Waals surface area contributed by atoms with Crippen molar-refractivity contribution in [1.82, 2.24) is 30.2 Å². The van der Waals surface area contributed by atoms with E-state index in [2.05, 4.69) is 20.8 Å². The van der Waals surface area contributed by atoms with Gasteiger partial charge in [-0.25, -0.2) is 0 Å². The maximum atomic E-state index is 5.51. The van der Waals surface area contributed by atoms with Gasteiger partial charge >= 0.3 is 0 Å². The molecule has 0 bridgehead atoms. The van der Waals surface area contributed by atoms with Crippen LogP contribution >= 0.6 is 0 Å². The molecule has 2 aromatic heterocycles. The van der Waals surface area contributed by atoms with E-state index in [4.69, 9.17) is 5.84 Å². The van der Waals surface area contributed by atoms with Crippen molar-refractivity contribution in [2.45, 2.75) is 12.5 Å². The molecule has 2 rings (SSSR count). The minimum Gasteiger partial charge on any atom is -0.275 e. The summed E-state index contributed by atoms with van der Waals surface area (Å²) in [4.78, 5) is 0. The van der Waals surface area contributed by atoms with Crippen LogP contribution in [0.5, 0.6) is 0 Å². The molecule has 0 saturated heterocycles. The summed E-state index contributed by atoms with van der Waals surface area (Å²) in [7, 11) is 3.71. The summed E-state index contributed by atoms with van der Waals surface area (Å²) in [5.41, 5.74) is 4.52. The number of aromatic nitrogens is 5. The number of aryl methyl sites for hydroxylation is 2. The van der Waals surface area contributed by atoms with E-state index in [1.165, 1.54) is 0 Å². The summed E-state index contributed by atoms with van der Waals surface area (Å²) in [6.07, 6.45) is 4.42. The maximum Gasteiger partial charge on any atom is 0.0847 e. The van der Waals surface area contributed by atoms with Crippen LogP contribution in [-0.4, -0.2) is 24.8 Å². The van der Waals surface area contributed by atoms with Gasteiger partial charge in [-0.3, -0.25) is 20.6 Å². The minimum absolute atomic E-state index is 0.0436. The van der Waals surface area contributed by atoms with Gasteiger partial charge in [0.15, 0.2) is 0 Å². The van der Waals surface area contributed by atoms with E-state index in [1.54, 1.807) is 9.36 Å². The van der Waals surface area contributed by atoms with Crippen LogP contribution in [0.1, 0.15) is 17.4 Å². The lowest BCUT2D eigenvalue weighted by molar-refractivity contribution is 0.523. The molecule has 0 spiro atoms. The van der Waals surface area contributed by atoms with Crippen LogP contribution in [0.15, 0.2) is 18.5 Å². The first kappa shape index (κ1) is 10.8. The maximum absolute atomic E-state index is 5.51. The smallest absolute Gasteiger partial charge is 0.0847 e. The number of hydrogen-bond acceptors (Lipinski definition) is 5. The van der Waals surface area contributed by atoms with Crippen molar-refractivity contribution in [3.05, 3.63) is 29.8 Å². The monoisotopic (exact) mass is 221 g/mol. The highest BCUT2D eigenvalue weighted by atomic mass is 15.4. The number of rotatable bonds is 4. The first-order chi connectivity index (χ1) is 7.69. The first-order valence-electron chi connectivity index (χ1n) is 5.00. The van der Waals surface area contributed by atoms with Gasteiger partial charge < -0.3 is 0 Å². The molecule has 1 atom stereocenters. The molecular weight excluding hydrogens is 206 g/mol. The van der Waals surface area contributed by atoms with Gasteiger partial charge in [-0.1, -0.05) is 5.21 Å². The largest absolute Gasteiger partial charge is 0.275 e. The second-order valence-electron chi connectivity index (χ2n) is 3.72. The third-order valence-corrected chi connectivity index (χ3v) is 2.36. The predicted octanol–water partition coefficient (Wildman–Crippen LogP) is -0.704. The Morgan fingerprint density at radius 1 is 1.44 bits per heavy atom. The number of nitrogens with two attached hydrogens (primary N) is 1. The molecule has 3 N–H and O–H groups in total. The van der Waals surface area contributed by atoms with Crippen molar-refractivity contribution in [2.75, 3.05) is 0 Å². The highest BCUT2D eigenvalue weighted by Crippen LogP contribution is 2.13. The average Bonchev–Trinajstić information content (AvgIpc) is 2.84. The summed E-state index contributed by atoms with van der Waals surface area (Å²) in [5.74, 6) is 5.51. The molecular formula is C9H15N7. The molecule has 86 valence electrons. The average molecular weight is 221 g/mol. The standard InChI is InChI=1S/C9H15N7/c1-15-4-3-8(13-15)9(11-10)5-7-6-16(2)14-12-7/h3-4,6,9,11H,5,10H2,1-2H3. The summed E-state index contributed by atoms with van der Waals surface area (Å²) in [5, 5.41) is 12.2. The highest BCUT2D eigenvalue weighted by molar-refractivity contribution is 5.09. The summed E-state index contributed by atoms with van der Waals surface area (Å²) >= 11 is 0. The molecule has 0 amide bonds. The fourth-order valence-electron chi connectivity index (χ4n) is 1.57. The van der Waals surface area contributed by atoms with Crippen LogP contribution in [0.25, 0.3) is 0 Å². The molecule has 0 fully saturated rings. The summed E-state index contributed by atoms with van der Waals surface area (Å²) in [6.45, 7) is 0. The van der Waals surface area contributed by atoms with Gasteiger partial charge in [0.05, 0.1) is 17.4 Å². The van der Waals surface area contributed by atoms with Crippen LogP contribution in [0.3, 0.4) is 0 Å². The molecule has 0 aliphatic rings. The Morgan fingerprint density at radius 3 is 2.75 bits per heavy atom. The fraction of sp³-hybridized carbons (Fsp3) is 0.444. The summed E-state index contributed by atoms with van der Waals surface area (Å²) in [6, 6.07) is 1.89. The van der Waals surface area contributed by atoms with Crippen LogP contribution in [-0.2, 0) is 20.5 Å². The van der Waals surface area contributed by atoms with Gasteiger partial charge in [0.2, 0.25) is 0 Å². The molecule has 7 nitrogen and oxygen atoms in total. The van der Waals surface area contributed by atoms with Gasteiger partial charge in [-0.15, -0.1) is 5.10 Å². The van der Waals surface area contributed by atoms with E-state index >= 15 is 0 Å². The van der Waals surface area contributed by atoms with Crippen LogP contribution in [0.2, 0.25) is 0 Å². The lowest BCUT2D eigenvalue weighted by atomic mass is 10.1. The van der Waals surface area contributed by atoms with Crippen molar-refractivity contribution in [1.29, 1.82) is 0 Å². The third-order valence-electron chi connectivity index (χ3n) is 2.36. The van der Waals surface area contributed by atoms with E-state index in [-0.39, 0.29) is 6.04 Å². The molecule has 7 heteroatoms. The Hall–Kier alpha value is -1.73. The van der Waals surface area contributed by atoms with E-state index in [0.29, 0.717) is 6.42 Å². The van der Waals surface area contributed by atoms with Crippen LogP contribution < -0.4 is 11.3 Å². The second kappa shape index (κ2) is 4.42. The molecule has 0 aliphatic heterocycles. The van der Waals surface area contributed by atoms with Crippen molar-refractivity contribution in [2.24, 2.45) is 19.9 Å². The topological polar surface area (TPSA) is 86.6 Å². The first-order valence-corrected chi connectivity index (χ1v) is 5.00. The van der Waals surface area contributed by atoms with E-state index < -0.39 is 0 Å². The Kier molecular flexibility index (Phi) is 2.97. The summed E-state index contributed by atoms with van der Waals surface area (Å²) < 4.78 is 3.41. The Bertz CT molecular complexity index is 458. The predicted molar refractivity (Wildman–Crippen MR) is 58.0 cm³/mol. The SMILES string of the molecule is Cn1cc(CC(NN)c2ccn(C)n2)nn1. The molecule has 0 radical (unpaired) electrons. The van der Waals surface area contributed by atoms with E-state index in [1.807, 2.05) is 32.6 Å². The molecule has 0 saturated carbocycles. The van der Waals surface area contributed by atoms with Gasteiger partial charge in [0, 0.05) is 32.9 Å². The fourth-order valence-corrected chi connectivity index (χ4v) is 1.57. The minimum atomic E-state index is -0.0436. The van der Waals surface area contributed by atoms with Crippen molar-refractivity contribution in [3.8, 4) is 0 Å². The second-order valence-corrected chi connectivity index (χ2v) is 3.72. The molecule has 1 unspecified atom stereocenters. The van der Waals surface area contributed by atoms with Crippen LogP contribution in [0, 0.1) is 0 Å². The Morgan fingerprint density at radius 2 is 2.25 bits per heavy atom. The number of nitrogens with one attached hydrogen (secondary N) is 1.